The van der Waals surface area contributed by atoms with E-state index < -0.39 is 5.60 Å². The van der Waals surface area contributed by atoms with Gasteiger partial charge in [-0.05, 0) is 64.4 Å². The predicted molar refractivity (Wildman–Crippen MR) is 143 cm³/mol. The number of fused-ring (bicyclic) bond motifs is 2. The van der Waals surface area contributed by atoms with Gasteiger partial charge < -0.3 is 18.9 Å². The molecule has 1 aliphatic heterocycles. The number of anilines is 1. The van der Waals surface area contributed by atoms with Crippen molar-refractivity contribution in [2.45, 2.75) is 46.8 Å². The largest absolute Gasteiger partial charge is 0.481 e. The lowest BCUT2D eigenvalue weighted by atomic mass is 9.77. The van der Waals surface area contributed by atoms with Crippen LogP contribution in [0.2, 0.25) is 0 Å². The molecular formula is C30H33N3O3. The van der Waals surface area contributed by atoms with Gasteiger partial charge >= 0.3 is 5.97 Å². The molecule has 2 aromatic heterocycles. The van der Waals surface area contributed by atoms with Crippen molar-refractivity contribution in [2.75, 3.05) is 25.1 Å². The summed E-state index contributed by atoms with van der Waals surface area (Å²) < 4.78 is 14.6. The number of para-hydroxylation sites is 1. The van der Waals surface area contributed by atoms with Crippen LogP contribution in [-0.4, -0.2) is 35.7 Å². The van der Waals surface area contributed by atoms with Crippen molar-refractivity contribution >= 4 is 22.6 Å². The fourth-order valence-corrected chi connectivity index (χ4v) is 5.96. The molecule has 0 fully saturated rings. The number of aromatic nitrogens is 2. The lowest BCUT2D eigenvalue weighted by Gasteiger charge is -2.33. The van der Waals surface area contributed by atoms with E-state index in [1.54, 1.807) is 19.4 Å². The van der Waals surface area contributed by atoms with E-state index in [0.29, 0.717) is 17.0 Å². The van der Waals surface area contributed by atoms with Crippen LogP contribution >= 0.6 is 0 Å². The number of cyclic esters (lactones) is 1. The fraction of sp³-hybridized carbons (Fsp3) is 0.333. The Morgan fingerprint density at radius 2 is 1.78 bits per heavy atom. The third kappa shape index (κ3) is 3.24. The Labute approximate surface area is 212 Å². The second-order valence-corrected chi connectivity index (χ2v) is 9.21. The normalized spacial score (nSPS) is 16.8. The van der Waals surface area contributed by atoms with Crippen LogP contribution in [0.4, 0.5) is 5.69 Å². The van der Waals surface area contributed by atoms with Crippen molar-refractivity contribution < 1.29 is 14.3 Å². The van der Waals surface area contributed by atoms with E-state index in [4.69, 9.17) is 9.47 Å². The van der Waals surface area contributed by atoms with Gasteiger partial charge in [-0.2, -0.15) is 0 Å². The lowest BCUT2D eigenvalue weighted by Crippen LogP contribution is -2.32. The first-order valence-corrected chi connectivity index (χ1v) is 12.6. The minimum absolute atomic E-state index is 0.370. The molecular weight excluding hydrogens is 450 g/mol. The average molecular weight is 484 g/mol. The molecule has 0 amide bonds. The van der Waals surface area contributed by atoms with Crippen molar-refractivity contribution in [2.24, 2.45) is 0 Å². The molecule has 0 N–H and O–H groups in total. The highest BCUT2D eigenvalue weighted by molar-refractivity contribution is 5.99. The van der Waals surface area contributed by atoms with E-state index in [0.717, 1.165) is 58.6 Å². The molecule has 1 aliphatic rings. The maximum atomic E-state index is 13.5. The van der Waals surface area contributed by atoms with Crippen molar-refractivity contribution in [3.63, 3.8) is 0 Å². The highest BCUT2D eigenvalue weighted by atomic mass is 16.6. The highest BCUT2D eigenvalue weighted by Crippen LogP contribution is 2.54. The molecule has 1 unspecified atom stereocenters. The molecule has 3 heterocycles. The molecule has 0 saturated carbocycles. The van der Waals surface area contributed by atoms with Gasteiger partial charge in [0, 0.05) is 59.2 Å². The summed E-state index contributed by atoms with van der Waals surface area (Å²) in [5.74, 6) is 0.0314. The number of aryl methyl sites for hydroxylation is 2. The van der Waals surface area contributed by atoms with E-state index in [2.05, 4.69) is 79.4 Å². The standard InChI is InChI=1S/C30H33N3O3/c1-7-32(8-2)21-14-15-24(19(4)18-21)30(27-23(29(34)36-30)16-17-31-28(27)35-6)26-20(5)33(9-3)25-13-11-10-12-22(25)26/h10-18H,7-9H2,1-6H3. The second-order valence-electron chi connectivity index (χ2n) is 9.21. The number of hydrogen-bond donors (Lipinski definition) is 0. The number of pyridine rings is 1. The summed E-state index contributed by atoms with van der Waals surface area (Å²) in [4.78, 5) is 20.3. The maximum Gasteiger partial charge on any atom is 0.340 e. The Morgan fingerprint density at radius 3 is 2.44 bits per heavy atom. The molecule has 0 bridgehead atoms. The predicted octanol–water partition coefficient (Wildman–Crippen LogP) is 5.99. The van der Waals surface area contributed by atoms with Gasteiger partial charge in [-0.25, -0.2) is 9.78 Å². The molecule has 2 aromatic carbocycles. The number of nitrogens with zero attached hydrogens (tertiary/aromatic N) is 3. The van der Waals surface area contributed by atoms with Gasteiger partial charge in [-0.15, -0.1) is 0 Å². The maximum absolute atomic E-state index is 13.5. The summed E-state index contributed by atoms with van der Waals surface area (Å²) in [7, 11) is 1.59. The van der Waals surface area contributed by atoms with E-state index >= 15 is 0 Å². The Hall–Kier alpha value is -3.80. The first-order valence-electron chi connectivity index (χ1n) is 12.6. The van der Waals surface area contributed by atoms with Crippen LogP contribution in [-0.2, 0) is 16.9 Å². The summed E-state index contributed by atoms with van der Waals surface area (Å²) in [6.07, 6.45) is 1.60. The summed E-state index contributed by atoms with van der Waals surface area (Å²) in [5, 5.41) is 1.05. The molecule has 36 heavy (non-hydrogen) atoms. The van der Waals surface area contributed by atoms with Crippen LogP contribution in [0.1, 0.15) is 59.1 Å². The lowest BCUT2D eigenvalue weighted by molar-refractivity contribution is 0.0247. The third-order valence-electron chi connectivity index (χ3n) is 7.54. The van der Waals surface area contributed by atoms with Crippen LogP contribution < -0.4 is 9.64 Å². The minimum Gasteiger partial charge on any atom is -0.481 e. The Morgan fingerprint density at radius 1 is 1.03 bits per heavy atom. The van der Waals surface area contributed by atoms with Gasteiger partial charge in [0.1, 0.15) is 0 Å². The topological polar surface area (TPSA) is 56.6 Å². The van der Waals surface area contributed by atoms with Crippen LogP contribution in [0.3, 0.4) is 0 Å². The second kappa shape index (κ2) is 9.01. The fourth-order valence-electron chi connectivity index (χ4n) is 5.96. The summed E-state index contributed by atoms with van der Waals surface area (Å²) in [6, 6.07) is 16.5. The number of hydrogen-bond acceptors (Lipinski definition) is 5. The molecule has 186 valence electrons. The average Bonchev–Trinajstić information content (AvgIpc) is 3.35. The smallest absolute Gasteiger partial charge is 0.340 e. The number of carbonyl (C=O) groups excluding carboxylic acids is 1. The van der Waals surface area contributed by atoms with Gasteiger partial charge in [-0.3, -0.25) is 0 Å². The molecule has 5 rings (SSSR count). The molecule has 0 radical (unpaired) electrons. The van der Waals surface area contributed by atoms with E-state index in [9.17, 15) is 4.79 Å². The Kier molecular flexibility index (Phi) is 5.99. The molecule has 0 spiro atoms. The highest BCUT2D eigenvalue weighted by Gasteiger charge is 2.54. The first kappa shape index (κ1) is 23.9. The van der Waals surface area contributed by atoms with Gasteiger partial charge in [0.25, 0.3) is 0 Å². The SMILES string of the molecule is CCN(CC)c1ccc(C2(c3c(C)n(CC)c4ccccc34)OC(=O)c3ccnc(OC)c32)c(C)c1. The first-order chi connectivity index (χ1) is 17.4. The Balaban J connectivity index is 1.93. The van der Waals surface area contributed by atoms with Crippen LogP contribution in [0.5, 0.6) is 5.88 Å². The number of carbonyl (C=O) groups is 1. The van der Waals surface area contributed by atoms with Crippen LogP contribution in [0, 0.1) is 13.8 Å². The molecule has 4 aromatic rings. The van der Waals surface area contributed by atoms with E-state index in [-0.39, 0.29) is 5.97 Å². The van der Waals surface area contributed by atoms with Gasteiger partial charge in [0.05, 0.1) is 18.2 Å². The van der Waals surface area contributed by atoms with Crippen molar-refractivity contribution in [1.29, 1.82) is 0 Å². The van der Waals surface area contributed by atoms with Crippen molar-refractivity contribution in [1.82, 2.24) is 9.55 Å². The molecule has 1 atom stereocenters. The van der Waals surface area contributed by atoms with Crippen LogP contribution in [0.15, 0.2) is 54.7 Å². The van der Waals surface area contributed by atoms with Gasteiger partial charge in [0.15, 0.2) is 5.60 Å². The molecule has 6 nitrogen and oxygen atoms in total. The number of benzene rings is 2. The monoisotopic (exact) mass is 483 g/mol. The molecule has 0 aliphatic carbocycles. The van der Waals surface area contributed by atoms with E-state index in [1.807, 2.05) is 12.1 Å². The van der Waals surface area contributed by atoms with Gasteiger partial charge in [0.2, 0.25) is 5.88 Å². The quantitative estimate of drug-likeness (QED) is 0.302. The minimum atomic E-state index is -1.19. The number of rotatable bonds is 7. The summed E-state index contributed by atoms with van der Waals surface area (Å²) in [5.41, 5.74) is 6.18. The number of methoxy groups -OCH3 is 1. The van der Waals surface area contributed by atoms with Crippen LogP contribution in [0.25, 0.3) is 10.9 Å². The zero-order chi connectivity index (χ0) is 25.6. The zero-order valence-electron chi connectivity index (χ0n) is 21.9. The van der Waals surface area contributed by atoms with Gasteiger partial charge in [-0.1, -0.05) is 24.3 Å². The summed E-state index contributed by atoms with van der Waals surface area (Å²) >= 11 is 0. The van der Waals surface area contributed by atoms with E-state index in [1.165, 1.54) is 0 Å². The number of esters is 1. The van der Waals surface area contributed by atoms with Crippen molar-refractivity contribution in [3.05, 3.63) is 88.2 Å². The molecule has 0 saturated heterocycles. The zero-order valence-corrected chi connectivity index (χ0v) is 21.9. The summed E-state index contributed by atoms with van der Waals surface area (Å²) in [6.45, 7) is 13.3. The Bertz CT molecular complexity index is 1470. The number of ether oxygens (including phenoxy) is 2. The third-order valence-corrected chi connectivity index (χ3v) is 7.54. The van der Waals surface area contributed by atoms with Crippen molar-refractivity contribution in [3.8, 4) is 5.88 Å². The molecule has 6 heteroatoms.